The van der Waals surface area contributed by atoms with Crippen molar-refractivity contribution in [2.45, 2.75) is 25.8 Å². The maximum Gasteiger partial charge on any atom is 0.144 e. The number of halogens is 1. The van der Waals surface area contributed by atoms with Crippen molar-refractivity contribution < 1.29 is 4.39 Å². The highest BCUT2D eigenvalue weighted by Crippen LogP contribution is 2.43. The lowest BCUT2D eigenvalue weighted by Gasteiger charge is -2.36. The van der Waals surface area contributed by atoms with Gasteiger partial charge >= 0.3 is 0 Å². The molecule has 0 aliphatic carbocycles. The summed E-state index contributed by atoms with van der Waals surface area (Å²) in [5.74, 6) is 0.638. The van der Waals surface area contributed by atoms with Crippen molar-refractivity contribution in [3.63, 3.8) is 0 Å². The summed E-state index contributed by atoms with van der Waals surface area (Å²) in [6.45, 7) is 3.52. The van der Waals surface area contributed by atoms with Crippen LogP contribution in [-0.2, 0) is 0 Å². The summed E-state index contributed by atoms with van der Waals surface area (Å²) in [7, 11) is 1.99. The zero-order chi connectivity index (χ0) is 23.8. The van der Waals surface area contributed by atoms with E-state index < -0.39 is 0 Å². The van der Waals surface area contributed by atoms with Gasteiger partial charge in [0.1, 0.15) is 17.5 Å². The van der Waals surface area contributed by atoms with Crippen LogP contribution in [0.25, 0.3) is 33.5 Å². The monoisotopic (exact) mass is 455 g/mol. The van der Waals surface area contributed by atoms with Crippen molar-refractivity contribution in [3.05, 3.63) is 59.5 Å². The van der Waals surface area contributed by atoms with Crippen LogP contribution in [-0.4, -0.2) is 41.1 Å². The van der Waals surface area contributed by atoms with E-state index >= 15 is 0 Å². The third-order valence-corrected chi connectivity index (χ3v) is 6.50. The number of hydrogen-bond acceptors (Lipinski definition) is 6. The topological polar surface area (TPSA) is 107 Å². The summed E-state index contributed by atoms with van der Waals surface area (Å²) in [6, 6.07) is 12.9. The van der Waals surface area contributed by atoms with E-state index in [0.29, 0.717) is 28.8 Å². The van der Waals surface area contributed by atoms with Gasteiger partial charge < -0.3 is 20.9 Å². The maximum absolute atomic E-state index is 14.4. The Morgan fingerprint density at radius 3 is 2.71 bits per heavy atom. The van der Waals surface area contributed by atoms with Crippen LogP contribution in [0.15, 0.2) is 42.6 Å². The first-order chi connectivity index (χ1) is 16.5. The Balaban J connectivity index is 1.73. The van der Waals surface area contributed by atoms with E-state index in [1.54, 1.807) is 18.3 Å². The Hall–Kier alpha value is -3.96. The molecule has 5 rings (SSSR count). The first-order valence-corrected chi connectivity index (χ1v) is 11.4. The number of hydrogen-bond donors (Lipinski definition) is 3. The Morgan fingerprint density at radius 2 is 2.00 bits per heavy atom. The second-order valence-corrected chi connectivity index (χ2v) is 8.78. The average molecular weight is 456 g/mol. The Kier molecular flexibility index (Phi) is 5.64. The highest BCUT2D eigenvalue weighted by molar-refractivity contribution is 5.95. The molecule has 1 aliphatic heterocycles. The molecule has 4 aromatic rings. The summed E-state index contributed by atoms with van der Waals surface area (Å²) in [5.41, 5.74) is 12.5. The number of nitrogens with two attached hydrogens (primary N) is 1. The summed E-state index contributed by atoms with van der Waals surface area (Å²) >= 11 is 0. The Bertz CT molecular complexity index is 1390. The first kappa shape index (κ1) is 21.9. The average Bonchev–Trinajstić information content (AvgIpc) is 3.26. The number of pyridine rings is 1. The molecule has 1 aliphatic rings. The molecule has 2 aromatic heterocycles. The number of anilines is 2. The molecule has 0 bridgehead atoms. The van der Waals surface area contributed by atoms with Crippen LogP contribution in [0.5, 0.6) is 0 Å². The maximum atomic E-state index is 14.4. The molecule has 2 aromatic carbocycles. The van der Waals surface area contributed by atoms with Crippen LogP contribution in [0.2, 0.25) is 0 Å². The van der Waals surface area contributed by atoms with Gasteiger partial charge in [-0.15, -0.1) is 0 Å². The largest absolute Gasteiger partial charge is 0.383 e. The van der Waals surface area contributed by atoms with E-state index in [1.165, 1.54) is 12.1 Å². The number of benzene rings is 2. The SMILES string of the molecule is CNC1CCN(c2c(-c3cc(C)cc(F)c3)cnc(N)c2-c2nc3ccc(C#N)cc3[nH]2)CC1. The van der Waals surface area contributed by atoms with E-state index in [0.717, 1.165) is 59.3 Å². The fourth-order valence-electron chi connectivity index (χ4n) is 4.77. The molecule has 0 atom stereocenters. The fourth-order valence-corrected chi connectivity index (χ4v) is 4.77. The molecule has 0 spiro atoms. The third-order valence-electron chi connectivity index (χ3n) is 6.50. The van der Waals surface area contributed by atoms with Gasteiger partial charge in [-0.1, -0.05) is 6.07 Å². The van der Waals surface area contributed by atoms with Crippen LogP contribution in [0.3, 0.4) is 0 Å². The standard InChI is InChI=1S/C26H26FN7/c1-15-9-17(12-18(27)10-15)20-14-31-25(29)23(24(20)34-7-5-19(30-2)6-8-34)26-32-21-4-3-16(13-28)11-22(21)33-26/h3-4,9-12,14,19,30H,5-8H2,1-2H3,(H2,29,31)(H,32,33). The number of aryl methyl sites for hydroxylation is 1. The van der Waals surface area contributed by atoms with Crippen molar-refractivity contribution in [2.75, 3.05) is 30.8 Å². The molecule has 172 valence electrons. The quantitative estimate of drug-likeness (QED) is 0.422. The van der Waals surface area contributed by atoms with Crippen LogP contribution >= 0.6 is 0 Å². The van der Waals surface area contributed by atoms with Gasteiger partial charge in [0, 0.05) is 30.9 Å². The number of rotatable bonds is 4. The van der Waals surface area contributed by atoms with Gasteiger partial charge in [0.2, 0.25) is 0 Å². The molecule has 0 unspecified atom stereocenters. The minimum Gasteiger partial charge on any atom is -0.383 e. The number of piperidine rings is 1. The molecule has 8 heteroatoms. The third kappa shape index (κ3) is 3.95. The summed E-state index contributed by atoms with van der Waals surface area (Å²) in [6.07, 6.45) is 3.68. The summed E-state index contributed by atoms with van der Waals surface area (Å²) in [5, 5.41) is 12.6. The number of nitrogens with one attached hydrogen (secondary N) is 2. The van der Waals surface area contributed by atoms with E-state index in [-0.39, 0.29) is 5.82 Å². The number of nitriles is 1. The van der Waals surface area contributed by atoms with Crippen LogP contribution in [0.4, 0.5) is 15.9 Å². The van der Waals surface area contributed by atoms with Crippen molar-refractivity contribution in [1.29, 1.82) is 5.26 Å². The van der Waals surface area contributed by atoms with Crippen LogP contribution in [0, 0.1) is 24.1 Å². The lowest BCUT2D eigenvalue weighted by atomic mass is 9.96. The van der Waals surface area contributed by atoms with E-state index in [9.17, 15) is 9.65 Å². The minimum atomic E-state index is -0.291. The molecule has 0 radical (unpaired) electrons. The number of nitrogen functional groups attached to an aromatic ring is 1. The van der Waals surface area contributed by atoms with Crippen molar-refractivity contribution >= 4 is 22.5 Å². The number of aromatic amines is 1. The van der Waals surface area contributed by atoms with Gasteiger partial charge in [0.05, 0.1) is 33.9 Å². The minimum absolute atomic E-state index is 0.291. The first-order valence-electron chi connectivity index (χ1n) is 11.4. The van der Waals surface area contributed by atoms with Crippen molar-refractivity contribution in [1.82, 2.24) is 20.3 Å². The zero-order valence-electron chi connectivity index (χ0n) is 19.2. The van der Waals surface area contributed by atoms with Crippen LogP contribution in [0.1, 0.15) is 24.0 Å². The number of imidazole rings is 1. The fraction of sp³-hybridized carbons (Fsp3) is 0.269. The van der Waals surface area contributed by atoms with Crippen LogP contribution < -0.4 is 16.0 Å². The zero-order valence-corrected chi connectivity index (χ0v) is 19.2. The van der Waals surface area contributed by atoms with Gasteiger partial charge in [-0.2, -0.15) is 5.26 Å². The smallest absolute Gasteiger partial charge is 0.144 e. The second-order valence-electron chi connectivity index (χ2n) is 8.78. The van der Waals surface area contributed by atoms with E-state index in [4.69, 9.17) is 10.7 Å². The molecule has 4 N–H and O–H groups in total. The molecular weight excluding hydrogens is 429 g/mol. The van der Waals surface area contributed by atoms with Gasteiger partial charge in [0.15, 0.2) is 0 Å². The molecule has 1 saturated heterocycles. The van der Waals surface area contributed by atoms with Gasteiger partial charge in [-0.25, -0.2) is 14.4 Å². The summed E-state index contributed by atoms with van der Waals surface area (Å²) < 4.78 is 14.4. The van der Waals surface area contributed by atoms with Gasteiger partial charge in [-0.3, -0.25) is 0 Å². The van der Waals surface area contributed by atoms with Crippen molar-refractivity contribution in [2.24, 2.45) is 0 Å². The van der Waals surface area contributed by atoms with Gasteiger partial charge in [0.25, 0.3) is 0 Å². The molecule has 7 nitrogen and oxygen atoms in total. The Morgan fingerprint density at radius 1 is 1.21 bits per heavy atom. The second kappa shape index (κ2) is 8.76. The number of nitrogens with zero attached hydrogens (tertiary/aromatic N) is 4. The normalized spacial score (nSPS) is 14.5. The predicted octanol–water partition coefficient (Wildman–Crippen LogP) is 4.38. The number of fused-ring (bicyclic) bond motifs is 1. The molecule has 0 saturated carbocycles. The molecular formula is C26H26FN7. The highest BCUT2D eigenvalue weighted by atomic mass is 19.1. The van der Waals surface area contributed by atoms with E-state index in [2.05, 4.69) is 26.3 Å². The van der Waals surface area contributed by atoms with E-state index in [1.807, 2.05) is 26.1 Å². The molecule has 3 heterocycles. The lowest BCUT2D eigenvalue weighted by Crippen LogP contribution is -2.41. The molecule has 34 heavy (non-hydrogen) atoms. The number of H-pyrrole nitrogens is 1. The summed E-state index contributed by atoms with van der Waals surface area (Å²) in [4.78, 5) is 14.9. The van der Waals surface area contributed by atoms with Crippen molar-refractivity contribution in [3.8, 4) is 28.6 Å². The van der Waals surface area contributed by atoms with Gasteiger partial charge in [-0.05, 0) is 68.3 Å². The highest BCUT2D eigenvalue weighted by Gasteiger charge is 2.27. The molecule has 0 amide bonds. The molecule has 1 fully saturated rings. The predicted molar refractivity (Wildman–Crippen MR) is 133 cm³/mol. The number of aromatic nitrogens is 3. The Labute approximate surface area is 197 Å². The lowest BCUT2D eigenvalue weighted by molar-refractivity contribution is 0.443.